The second-order valence-electron chi connectivity index (χ2n) is 5.95. The highest BCUT2D eigenvalue weighted by atomic mass is 16.5. The summed E-state index contributed by atoms with van der Waals surface area (Å²) in [4.78, 5) is 0. The Labute approximate surface area is 130 Å². The first-order valence-electron chi connectivity index (χ1n) is 7.78. The summed E-state index contributed by atoms with van der Waals surface area (Å²) in [6, 6.07) is 0. The van der Waals surface area contributed by atoms with Crippen molar-refractivity contribution in [2.24, 2.45) is 0 Å². The lowest BCUT2D eigenvalue weighted by atomic mass is 10.1. The van der Waals surface area contributed by atoms with Gasteiger partial charge < -0.3 is 9.84 Å². The molecule has 0 aliphatic carbocycles. The second-order valence-corrected chi connectivity index (χ2v) is 5.95. The van der Waals surface area contributed by atoms with Crippen molar-refractivity contribution in [1.29, 1.82) is 0 Å². The topological polar surface area (TPSA) is 29.5 Å². The van der Waals surface area contributed by atoms with E-state index in [1.807, 2.05) is 6.92 Å². The molecule has 2 heteroatoms. The van der Waals surface area contributed by atoms with E-state index in [2.05, 4.69) is 45.9 Å². The Bertz CT molecular complexity index is 394. The van der Waals surface area contributed by atoms with E-state index < -0.39 is 0 Å². The lowest BCUT2D eigenvalue weighted by Crippen LogP contribution is -1.96. The van der Waals surface area contributed by atoms with Crippen molar-refractivity contribution in [3.05, 3.63) is 46.8 Å². The first kappa shape index (κ1) is 19.7. The number of aliphatic hydroxyl groups excluding tert-OH is 1. The molecule has 0 heterocycles. The van der Waals surface area contributed by atoms with E-state index in [1.165, 1.54) is 16.7 Å². The summed E-state index contributed by atoms with van der Waals surface area (Å²) in [6.45, 7) is 11.6. The molecule has 120 valence electrons. The predicted octanol–water partition coefficient (Wildman–Crippen LogP) is 5.88. The third-order valence-corrected chi connectivity index (χ3v) is 3.22. The van der Waals surface area contributed by atoms with Crippen molar-refractivity contribution < 1.29 is 9.84 Å². The van der Waals surface area contributed by atoms with Crippen molar-refractivity contribution in [2.75, 3.05) is 13.2 Å². The van der Waals surface area contributed by atoms with Gasteiger partial charge >= 0.3 is 0 Å². The van der Waals surface area contributed by atoms with Gasteiger partial charge in [0.15, 0.2) is 0 Å². The smallest absolute Gasteiger partial charge is 0.0803 e. The van der Waals surface area contributed by atoms with Crippen LogP contribution in [0.15, 0.2) is 46.8 Å². The molecule has 0 aliphatic heterocycles. The molecule has 0 atom stereocenters. The van der Waals surface area contributed by atoms with E-state index in [1.54, 1.807) is 0 Å². The Hall–Kier alpha value is -1.28. The molecule has 0 bridgehead atoms. The SMILES string of the molecule is CC(C)=CCC/C(C)=C/CC/C(C)=C/COCC(C)=CO. The Balaban J connectivity index is 3.85. The molecular formula is C19H32O2. The zero-order valence-electron chi connectivity index (χ0n) is 14.4. The van der Waals surface area contributed by atoms with Crippen molar-refractivity contribution in [3.8, 4) is 0 Å². The van der Waals surface area contributed by atoms with Crippen LogP contribution in [0, 0.1) is 0 Å². The van der Waals surface area contributed by atoms with E-state index in [4.69, 9.17) is 9.84 Å². The van der Waals surface area contributed by atoms with E-state index >= 15 is 0 Å². The van der Waals surface area contributed by atoms with Crippen LogP contribution in [0.3, 0.4) is 0 Å². The Morgan fingerprint density at radius 3 is 1.95 bits per heavy atom. The summed E-state index contributed by atoms with van der Waals surface area (Å²) in [7, 11) is 0. The normalized spacial score (nSPS) is 13.5. The molecule has 0 aliphatic rings. The molecule has 1 N–H and O–H groups in total. The molecule has 0 aromatic carbocycles. The highest BCUT2D eigenvalue weighted by molar-refractivity contribution is 5.05. The Kier molecular flexibility index (Phi) is 11.7. The van der Waals surface area contributed by atoms with Crippen LogP contribution >= 0.6 is 0 Å². The van der Waals surface area contributed by atoms with Crippen molar-refractivity contribution in [3.63, 3.8) is 0 Å². The van der Waals surface area contributed by atoms with Crippen LogP contribution in [-0.4, -0.2) is 18.3 Å². The molecule has 0 saturated heterocycles. The summed E-state index contributed by atoms with van der Waals surface area (Å²) < 4.78 is 5.43. The molecule has 0 radical (unpaired) electrons. The molecule has 2 nitrogen and oxygen atoms in total. The number of ether oxygens (including phenoxy) is 1. The van der Waals surface area contributed by atoms with Crippen LogP contribution in [0.1, 0.15) is 60.3 Å². The van der Waals surface area contributed by atoms with Crippen LogP contribution in [0.2, 0.25) is 0 Å². The van der Waals surface area contributed by atoms with Gasteiger partial charge in [-0.3, -0.25) is 0 Å². The number of rotatable bonds is 10. The van der Waals surface area contributed by atoms with E-state index in [0.29, 0.717) is 13.2 Å². The van der Waals surface area contributed by atoms with Gasteiger partial charge in [-0.2, -0.15) is 0 Å². The number of hydrogen-bond acceptors (Lipinski definition) is 2. The largest absolute Gasteiger partial charge is 0.516 e. The van der Waals surface area contributed by atoms with Crippen LogP contribution in [0.5, 0.6) is 0 Å². The quantitative estimate of drug-likeness (QED) is 0.309. The minimum absolute atomic E-state index is 0.490. The van der Waals surface area contributed by atoms with Crippen LogP contribution in [0.25, 0.3) is 0 Å². The van der Waals surface area contributed by atoms with E-state index in [9.17, 15) is 0 Å². The first-order valence-corrected chi connectivity index (χ1v) is 7.78. The zero-order chi connectivity index (χ0) is 16.1. The minimum atomic E-state index is 0.490. The van der Waals surface area contributed by atoms with Crippen LogP contribution in [-0.2, 0) is 4.74 Å². The molecule has 0 spiro atoms. The van der Waals surface area contributed by atoms with Gasteiger partial charge in [-0.1, -0.05) is 34.9 Å². The fraction of sp³-hybridized carbons (Fsp3) is 0.579. The zero-order valence-corrected chi connectivity index (χ0v) is 14.4. The minimum Gasteiger partial charge on any atom is -0.516 e. The fourth-order valence-electron chi connectivity index (χ4n) is 1.80. The molecule has 21 heavy (non-hydrogen) atoms. The van der Waals surface area contributed by atoms with Gasteiger partial charge in [-0.15, -0.1) is 0 Å². The van der Waals surface area contributed by atoms with Crippen molar-refractivity contribution >= 4 is 0 Å². The van der Waals surface area contributed by atoms with Gasteiger partial charge in [0, 0.05) is 0 Å². The summed E-state index contributed by atoms with van der Waals surface area (Å²) in [5.74, 6) is 0. The Morgan fingerprint density at radius 1 is 0.810 bits per heavy atom. The maximum Gasteiger partial charge on any atom is 0.0803 e. The molecule has 0 unspecified atom stereocenters. The number of allylic oxidation sites excluding steroid dienone is 5. The third-order valence-electron chi connectivity index (χ3n) is 3.22. The lowest BCUT2D eigenvalue weighted by Gasteiger charge is -2.03. The lowest BCUT2D eigenvalue weighted by molar-refractivity contribution is 0.184. The highest BCUT2D eigenvalue weighted by Gasteiger charge is 1.93. The van der Waals surface area contributed by atoms with E-state index in [0.717, 1.165) is 37.5 Å². The third kappa shape index (κ3) is 13.5. The summed E-state index contributed by atoms with van der Waals surface area (Å²) in [5, 5.41) is 8.74. The van der Waals surface area contributed by atoms with Gasteiger partial charge in [0.2, 0.25) is 0 Å². The molecule has 0 rings (SSSR count). The molecule has 0 aromatic rings. The van der Waals surface area contributed by atoms with E-state index in [-0.39, 0.29) is 0 Å². The van der Waals surface area contributed by atoms with Gasteiger partial charge in [-0.25, -0.2) is 0 Å². The van der Waals surface area contributed by atoms with Crippen molar-refractivity contribution in [1.82, 2.24) is 0 Å². The molecule has 0 aromatic heterocycles. The highest BCUT2D eigenvalue weighted by Crippen LogP contribution is 2.11. The second kappa shape index (κ2) is 12.5. The average molecular weight is 292 g/mol. The molecule has 0 amide bonds. The van der Waals surface area contributed by atoms with Gasteiger partial charge in [0.05, 0.1) is 19.5 Å². The first-order chi connectivity index (χ1) is 9.95. The number of aliphatic hydroxyl groups is 1. The number of hydrogen-bond donors (Lipinski definition) is 1. The summed E-state index contributed by atoms with van der Waals surface area (Å²) >= 11 is 0. The Morgan fingerprint density at radius 2 is 1.38 bits per heavy atom. The summed E-state index contributed by atoms with van der Waals surface area (Å²) in [5.41, 5.74) is 5.07. The van der Waals surface area contributed by atoms with Crippen molar-refractivity contribution in [2.45, 2.75) is 60.3 Å². The molecular weight excluding hydrogens is 260 g/mol. The van der Waals surface area contributed by atoms with Gasteiger partial charge in [-0.05, 0) is 65.9 Å². The molecule has 0 saturated carbocycles. The maximum atomic E-state index is 8.74. The standard InChI is InChI=1S/C19H32O2/c1-16(2)8-6-9-17(3)10-7-11-18(4)12-13-21-15-19(5)14-20/h8,10,12,14,20H,6-7,9,11,13,15H2,1-5H3/b17-10+,18-12+,19-14?. The predicted molar refractivity (Wildman–Crippen MR) is 92.6 cm³/mol. The summed E-state index contributed by atoms with van der Waals surface area (Å²) in [6.07, 6.45) is 12.3. The maximum absolute atomic E-state index is 8.74. The van der Waals surface area contributed by atoms with Crippen LogP contribution in [0.4, 0.5) is 0 Å². The van der Waals surface area contributed by atoms with Gasteiger partial charge in [0.25, 0.3) is 0 Å². The van der Waals surface area contributed by atoms with Crippen LogP contribution < -0.4 is 0 Å². The fourth-order valence-corrected chi connectivity index (χ4v) is 1.80. The average Bonchev–Trinajstić information content (AvgIpc) is 2.42. The monoisotopic (exact) mass is 292 g/mol. The molecule has 0 fully saturated rings. The van der Waals surface area contributed by atoms with Gasteiger partial charge in [0.1, 0.15) is 0 Å².